The van der Waals surface area contributed by atoms with Crippen molar-refractivity contribution >= 4 is 5.91 Å². The first-order valence-electron chi connectivity index (χ1n) is 6.66. The lowest BCUT2D eigenvalue weighted by Gasteiger charge is -2.35. The number of nitrogens with one attached hydrogen (secondary N) is 1. The third-order valence-corrected chi connectivity index (χ3v) is 3.15. The Morgan fingerprint density at radius 2 is 2.00 bits per heavy atom. The Morgan fingerprint density at radius 3 is 2.63 bits per heavy atom. The first kappa shape index (κ1) is 14.0. The molecular weight excluding hydrogens is 240 g/mol. The maximum Gasteiger partial charge on any atom is 0.251 e. The van der Waals surface area contributed by atoms with Crippen molar-refractivity contribution in [1.82, 2.24) is 10.2 Å². The van der Waals surface area contributed by atoms with E-state index in [-0.39, 0.29) is 11.4 Å². The van der Waals surface area contributed by atoms with E-state index in [1.165, 1.54) is 0 Å². The number of carbonyl (C=O) groups excluding carboxylic acids is 1. The van der Waals surface area contributed by atoms with E-state index in [0.29, 0.717) is 5.56 Å². The number of amides is 1. The summed E-state index contributed by atoms with van der Waals surface area (Å²) in [4.78, 5) is 14.5. The molecule has 103 valence electrons. The molecule has 4 heteroatoms. The van der Waals surface area contributed by atoms with Crippen LogP contribution in [0.2, 0.25) is 0 Å². The average Bonchev–Trinajstić information content (AvgIpc) is 2.39. The normalized spacial score (nSPS) is 17.2. The largest absolute Gasteiger partial charge is 0.379 e. The van der Waals surface area contributed by atoms with E-state index in [0.717, 1.165) is 32.8 Å². The van der Waals surface area contributed by atoms with Crippen LogP contribution in [0.5, 0.6) is 0 Å². The van der Waals surface area contributed by atoms with Gasteiger partial charge in [-0.2, -0.15) is 0 Å². The molecule has 1 aliphatic rings. The van der Waals surface area contributed by atoms with Crippen LogP contribution in [0.15, 0.2) is 24.3 Å². The molecule has 1 saturated heterocycles. The molecule has 0 saturated carbocycles. The van der Waals surface area contributed by atoms with Gasteiger partial charge >= 0.3 is 0 Å². The number of ether oxygens (including phenoxy) is 1. The number of nitrogens with zero attached hydrogens (tertiary/aromatic N) is 1. The third-order valence-electron chi connectivity index (χ3n) is 3.15. The van der Waals surface area contributed by atoms with E-state index in [9.17, 15) is 4.79 Å². The number of rotatable bonds is 4. The molecule has 1 radical (unpaired) electrons. The van der Waals surface area contributed by atoms with Crippen molar-refractivity contribution in [3.63, 3.8) is 0 Å². The van der Waals surface area contributed by atoms with Crippen LogP contribution in [0.3, 0.4) is 0 Å². The summed E-state index contributed by atoms with van der Waals surface area (Å²) < 4.78 is 5.33. The zero-order valence-electron chi connectivity index (χ0n) is 11.6. The molecule has 0 atom stereocenters. The molecular formula is C15H21N2O2. The van der Waals surface area contributed by atoms with Gasteiger partial charge in [0.1, 0.15) is 0 Å². The van der Waals surface area contributed by atoms with E-state index in [1.54, 1.807) is 24.3 Å². The van der Waals surface area contributed by atoms with E-state index in [2.05, 4.69) is 30.1 Å². The molecule has 0 bridgehead atoms. The second-order valence-corrected chi connectivity index (χ2v) is 5.52. The molecule has 1 aromatic carbocycles. The fourth-order valence-electron chi connectivity index (χ4n) is 2.28. The molecule has 2 rings (SSSR count). The molecule has 1 aliphatic heterocycles. The van der Waals surface area contributed by atoms with Crippen LogP contribution in [0.4, 0.5) is 0 Å². The van der Waals surface area contributed by atoms with Crippen LogP contribution in [-0.4, -0.2) is 49.2 Å². The van der Waals surface area contributed by atoms with Crippen molar-refractivity contribution < 1.29 is 9.53 Å². The van der Waals surface area contributed by atoms with Crippen LogP contribution in [-0.2, 0) is 4.74 Å². The highest BCUT2D eigenvalue weighted by Gasteiger charge is 2.25. The highest BCUT2D eigenvalue weighted by Crippen LogP contribution is 2.09. The number of hydrogen-bond acceptors (Lipinski definition) is 3. The SMILES string of the molecule is CC(C)(CN1CCOCC1)NC(=O)c1cc[c]cc1. The van der Waals surface area contributed by atoms with Crippen molar-refractivity contribution in [3.05, 3.63) is 35.9 Å². The summed E-state index contributed by atoms with van der Waals surface area (Å²) in [5.74, 6) is -0.0349. The van der Waals surface area contributed by atoms with Gasteiger partial charge in [-0.3, -0.25) is 9.69 Å². The predicted molar refractivity (Wildman–Crippen MR) is 74.1 cm³/mol. The summed E-state index contributed by atoms with van der Waals surface area (Å²) in [7, 11) is 0. The summed E-state index contributed by atoms with van der Waals surface area (Å²) in [6.45, 7) is 8.35. The Labute approximate surface area is 114 Å². The lowest BCUT2D eigenvalue weighted by atomic mass is 10.0. The average molecular weight is 261 g/mol. The molecule has 1 fully saturated rings. The Kier molecular flexibility index (Phi) is 4.56. The van der Waals surface area contributed by atoms with Gasteiger partial charge in [0.15, 0.2) is 0 Å². The monoisotopic (exact) mass is 261 g/mol. The Balaban J connectivity index is 1.91. The maximum atomic E-state index is 12.1. The van der Waals surface area contributed by atoms with E-state index in [4.69, 9.17) is 4.74 Å². The number of carbonyl (C=O) groups is 1. The van der Waals surface area contributed by atoms with Crippen LogP contribution in [0, 0.1) is 6.07 Å². The molecule has 1 aromatic rings. The van der Waals surface area contributed by atoms with Crippen LogP contribution >= 0.6 is 0 Å². The first-order chi connectivity index (χ1) is 9.07. The number of hydrogen-bond donors (Lipinski definition) is 1. The van der Waals surface area contributed by atoms with Gasteiger partial charge in [-0.15, -0.1) is 0 Å². The van der Waals surface area contributed by atoms with E-state index >= 15 is 0 Å². The molecule has 1 N–H and O–H groups in total. The van der Waals surface area contributed by atoms with Crippen molar-refractivity contribution in [1.29, 1.82) is 0 Å². The topological polar surface area (TPSA) is 41.6 Å². The van der Waals surface area contributed by atoms with Gasteiger partial charge in [0.25, 0.3) is 5.91 Å². The maximum absolute atomic E-state index is 12.1. The Hall–Kier alpha value is -1.39. The second kappa shape index (κ2) is 6.17. The van der Waals surface area contributed by atoms with Gasteiger partial charge in [0.2, 0.25) is 0 Å². The highest BCUT2D eigenvalue weighted by atomic mass is 16.5. The van der Waals surface area contributed by atoms with Crippen molar-refractivity contribution in [2.45, 2.75) is 19.4 Å². The summed E-state index contributed by atoms with van der Waals surface area (Å²) in [6.07, 6.45) is 0. The van der Waals surface area contributed by atoms with Gasteiger partial charge in [-0.05, 0) is 32.0 Å². The molecule has 1 amide bonds. The lowest BCUT2D eigenvalue weighted by molar-refractivity contribution is 0.0269. The molecule has 0 spiro atoms. The van der Waals surface area contributed by atoms with Gasteiger partial charge in [0.05, 0.1) is 13.2 Å². The van der Waals surface area contributed by atoms with Crippen molar-refractivity contribution in [2.24, 2.45) is 0 Å². The molecule has 0 unspecified atom stereocenters. The fraction of sp³-hybridized carbons (Fsp3) is 0.533. The van der Waals surface area contributed by atoms with Crippen LogP contribution in [0.25, 0.3) is 0 Å². The fourth-order valence-corrected chi connectivity index (χ4v) is 2.28. The summed E-state index contributed by atoms with van der Waals surface area (Å²) in [5, 5.41) is 3.08. The molecule has 0 aromatic heterocycles. The summed E-state index contributed by atoms with van der Waals surface area (Å²) in [5.41, 5.74) is 0.419. The van der Waals surface area contributed by atoms with E-state index in [1.807, 2.05) is 0 Å². The van der Waals surface area contributed by atoms with Gasteiger partial charge in [-0.1, -0.05) is 12.1 Å². The zero-order chi connectivity index (χ0) is 13.7. The number of morpholine rings is 1. The third kappa shape index (κ3) is 4.33. The van der Waals surface area contributed by atoms with Crippen LogP contribution in [0.1, 0.15) is 24.2 Å². The van der Waals surface area contributed by atoms with Crippen molar-refractivity contribution in [3.8, 4) is 0 Å². The first-order valence-corrected chi connectivity index (χ1v) is 6.66. The molecule has 19 heavy (non-hydrogen) atoms. The quantitative estimate of drug-likeness (QED) is 0.889. The smallest absolute Gasteiger partial charge is 0.251 e. The van der Waals surface area contributed by atoms with Crippen LogP contribution < -0.4 is 5.32 Å². The number of benzene rings is 1. The van der Waals surface area contributed by atoms with Gasteiger partial charge in [-0.25, -0.2) is 0 Å². The van der Waals surface area contributed by atoms with E-state index < -0.39 is 0 Å². The molecule has 0 aliphatic carbocycles. The summed E-state index contributed by atoms with van der Waals surface area (Å²) in [6, 6.07) is 9.98. The molecule has 1 heterocycles. The molecule has 4 nitrogen and oxygen atoms in total. The Bertz CT molecular complexity index is 411. The van der Waals surface area contributed by atoms with Gasteiger partial charge in [0, 0.05) is 30.7 Å². The standard InChI is InChI=1S/C15H21N2O2/c1-15(2,12-17-8-10-19-11-9-17)16-14(18)13-6-4-3-5-7-13/h4-7H,8-12H2,1-2H3,(H,16,18). The predicted octanol–water partition coefficient (Wildman–Crippen LogP) is 1.33. The van der Waals surface area contributed by atoms with Gasteiger partial charge < -0.3 is 10.1 Å². The van der Waals surface area contributed by atoms with Crippen molar-refractivity contribution in [2.75, 3.05) is 32.8 Å². The minimum absolute atomic E-state index is 0.0349. The lowest BCUT2D eigenvalue weighted by Crippen LogP contribution is -2.53. The Morgan fingerprint density at radius 1 is 1.37 bits per heavy atom. The summed E-state index contributed by atoms with van der Waals surface area (Å²) >= 11 is 0. The second-order valence-electron chi connectivity index (χ2n) is 5.52. The minimum atomic E-state index is -0.256. The minimum Gasteiger partial charge on any atom is -0.379 e. The highest BCUT2D eigenvalue weighted by molar-refractivity contribution is 5.94. The zero-order valence-corrected chi connectivity index (χ0v) is 11.6.